The second-order valence-corrected chi connectivity index (χ2v) is 4.82. The molecule has 11 heavy (non-hydrogen) atoms. The van der Waals surface area contributed by atoms with Crippen molar-refractivity contribution in [3.8, 4) is 0 Å². The van der Waals surface area contributed by atoms with Crippen molar-refractivity contribution in [1.82, 2.24) is 0 Å². The Morgan fingerprint density at radius 1 is 1.82 bits per heavy atom. The van der Waals surface area contributed by atoms with Crippen molar-refractivity contribution in [3.63, 3.8) is 0 Å². The van der Waals surface area contributed by atoms with E-state index in [4.69, 9.17) is 5.73 Å². The predicted octanol–water partition coefficient (Wildman–Crippen LogP) is 1.19. The van der Waals surface area contributed by atoms with Crippen LogP contribution >= 0.6 is 11.8 Å². The first-order valence-electron chi connectivity index (χ1n) is 4.00. The minimum absolute atomic E-state index is 0.0506. The molecule has 0 amide bonds. The van der Waals surface area contributed by atoms with Gasteiger partial charge in [0.2, 0.25) is 0 Å². The maximum Gasteiger partial charge on any atom is 0.120 e. The maximum absolute atomic E-state index is 10.1. The second-order valence-electron chi connectivity index (χ2n) is 3.39. The van der Waals surface area contributed by atoms with Crippen LogP contribution in [0.1, 0.15) is 26.2 Å². The molecule has 2 N–H and O–H groups in total. The van der Waals surface area contributed by atoms with Crippen LogP contribution in [-0.2, 0) is 4.79 Å². The molecule has 64 valence electrons. The summed E-state index contributed by atoms with van der Waals surface area (Å²) in [6, 6.07) is 0. The summed E-state index contributed by atoms with van der Waals surface area (Å²) in [4.78, 5) is 10.1. The molecule has 2 unspecified atom stereocenters. The summed E-state index contributed by atoms with van der Waals surface area (Å²) in [5.41, 5.74) is 6.01. The fourth-order valence-electron chi connectivity index (χ4n) is 1.52. The van der Waals surface area contributed by atoms with Gasteiger partial charge in [-0.05, 0) is 12.8 Å². The first kappa shape index (κ1) is 9.07. The van der Waals surface area contributed by atoms with Crippen LogP contribution in [-0.4, -0.2) is 22.8 Å². The van der Waals surface area contributed by atoms with Gasteiger partial charge >= 0.3 is 0 Å². The van der Waals surface area contributed by atoms with Gasteiger partial charge < -0.3 is 10.5 Å². The smallest absolute Gasteiger partial charge is 0.120 e. The number of carbonyl (C=O) groups excluding carboxylic acids is 1. The monoisotopic (exact) mass is 173 g/mol. The molecule has 1 saturated heterocycles. The van der Waals surface area contributed by atoms with Gasteiger partial charge in [-0.15, -0.1) is 0 Å². The fourth-order valence-corrected chi connectivity index (χ4v) is 2.85. The van der Waals surface area contributed by atoms with E-state index in [0.717, 1.165) is 24.9 Å². The number of hydrogen-bond donors (Lipinski definition) is 1. The molecule has 0 aromatic rings. The van der Waals surface area contributed by atoms with Gasteiger partial charge in [-0.2, -0.15) is 11.8 Å². The van der Waals surface area contributed by atoms with Gasteiger partial charge in [0.1, 0.15) is 6.29 Å². The van der Waals surface area contributed by atoms with Gasteiger partial charge in [0.05, 0.1) is 0 Å². The van der Waals surface area contributed by atoms with E-state index in [2.05, 4.69) is 6.92 Å². The van der Waals surface area contributed by atoms with Crippen LogP contribution in [0.3, 0.4) is 0 Å². The number of thioether (sulfide) groups is 1. The Morgan fingerprint density at radius 3 is 3.00 bits per heavy atom. The molecule has 2 nitrogen and oxygen atoms in total. The Hall–Kier alpha value is -0.0200. The third-order valence-electron chi connectivity index (χ3n) is 2.11. The summed E-state index contributed by atoms with van der Waals surface area (Å²) >= 11 is 1.91. The lowest BCUT2D eigenvalue weighted by Gasteiger charge is -2.21. The van der Waals surface area contributed by atoms with E-state index in [0.29, 0.717) is 11.7 Å². The van der Waals surface area contributed by atoms with Crippen LogP contribution in [0.25, 0.3) is 0 Å². The Kier molecular flexibility index (Phi) is 2.96. The van der Waals surface area contributed by atoms with E-state index < -0.39 is 0 Å². The summed E-state index contributed by atoms with van der Waals surface area (Å²) in [5.74, 6) is 1.02. The fraction of sp³-hybridized carbons (Fsp3) is 0.875. The summed E-state index contributed by atoms with van der Waals surface area (Å²) in [6.07, 6.45) is 3.49. The Balaban J connectivity index is 2.35. The van der Waals surface area contributed by atoms with Gasteiger partial charge in [0.15, 0.2) is 0 Å². The molecular formula is C8H15NOS. The highest BCUT2D eigenvalue weighted by atomic mass is 32.2. The van der Waals surface area contributed by atoms with E-state index in [-0.39, 0.29) is 5.54 Å². The van der Waals surface area contributed by atoms with Crippen molar-refractivity contribution in [2.45, 2.75) is 37.0 Å². The molecule has 0 spiro atoms. The maximum atomic E-state index is 10.1. The molecule has 3 heteroatoms. The molecule has 1 rings (SSSR count). The molecule has 1 heterocycles. The highest BCUT2D eigenvalue weighted by Crippen LogP contribution is 2.34. The average molecular weight is 173 g/mol. The molecule has 1 fully saturated rings. The Morgan fingerprint density at radius 2 is 2.55 bits per heavy atom. The summed E-state index contributed by atoms with van der Waals surface area (Å²) < 4.78 is 0. The number of nitrogens with two attached hydrogens (primary N) is 1. The molecule has 1 aliphatic heterocycles. The van der Waals surface area contributed by atoms with Crippen molar-refractivity contribution in [3.05, 3.63) is 0 Å². The van der Waals surface area contributed by atoms with Gasteiger partial charge in [-0.1, -0.05) is 6.92 Å². The zero-order chi connectivity index (χ0) is 8.32. The lowest BCUT2D eigenvalue weighted by Crippen LogP contribution is -2.40. The third-order valence-corrected chi connectivity index (χ3v) is 3.59. The molecule has 0 radical (unpaired) electrons. The van der Waals surface area contributed by atoms with Crippen molar-refractivity contribution < 1.29 is 4.79 Å². The van der Waals surface area contributed by atoms with Crippen molar-refractivity contribution in [1.29, 1.82) is 0 Å². The normalized spacial score (nSPS) is 37.5. The number of hydrogen-bond acceptors (Lipinski definition) is 3. The van der Waals surface area contributed by atoms with Crippen LogP contribution in [0.2, 0.25) is 0 Å². The molecule has 0 bridgehead atoms. The Bertz CT molecular complexity index is 151. The molecule has 0 aromatic carbocycles. The highest BCUT2D eigenvalue weighted by molar-refractivity contribution is 8.00. The van der Waals surface area contributed by atoms with Crippen LogP contribution in [0.15, 0.2) is 0 Å². The second kappa shape index (κ2) is 3.59. The van der Waals surface area contributed by atoms with E-state index in [1.165, 1.54) is 0 Å². The van der Waals surface area contributed by atoms with Crippen LogP contribution in [0, 0.1) is 0 Å². The van der Waals surface area contributed by atoms with Gasteiger partial charge in [-0.25, -0.2) is 0 Å². The topological polar surface area (TPSA) is 43.1 Å². The summed E-state index contributed by atoms with van der Waals surface area (Å²) in [5, 5.41) is 0.673. The van der Waals surface area contributed by atoms with Crippen molar-refractivity contribution >= 4 is 18.0 Å². The predicted molar refractivity (Wildman–Crippen MR) is 48.8 cm³/mol. The third kappa shape index (κ3) is 2.49. The first-order valence-corrected chi connectivity index (χ1v) is 5.05. The van der Waals surface area contributed by atoms with Crippen LogP contribution in [0.5, 0.6) is 0 Å². The van der Waals surface area contributed by atoms with E-state index in [9.17, 15) is 4.79 Å². The molecule has 0 aromatic heterocycles. The number of carbonyl (C=O) groups is 1. The molecule has 0 saturated carbocycles. The molecule has 0 aliphatic carbocycles. The zero-order valence-corrected chi connectivity index (χ0v) is 7.69. The van der Waals surface area contributed by atoms with Gasteiger partial charge in [0.25, 0.3) is 0 Å². The molecule has 2 atom stereocenters. The summed E-state index contributed by atoms with van der Waals surface area (Å²) in [7, 11) is 0. The van der Waals surface area contributed by atoms with E-state index >= 15 is 0 Å². The molecular weight excluding hydrogens is 158 g/mol. The lowest BCUT2D eigenvalue weighted by molar-refractivity contribution is -0.108. The zero-order valence-electron chi connectivity index (χ0n) is 6.88. The first-order chi connectivity index (χ1) is 5.16. The number of aldehydes is 1. The van der Waals surface area contributed by atoms with Crippen molar-refractivity contribution in [2.24, 2.45) is 5.73 Å². The quantitative estimate of drug-likeness (QED) is 0.652. The average Bonchev–Trinajstić information content (AvgIpc) is 2.28. The minimum atomic E-state index is -0.0506. The minimum Gasteiger partial charge on any atom is -0.324 e. The lowest BCUT2D eigenvalue weighted by atomic mass is 9.92. The van der Waals surface area contributed by atoms with Gasteiger partial charge in [-0.3, -0.25) is 0 Å². The highest BCUT2D eigenvalue weighted by Gasteiger charge is 2.33. The van der Waals surface area contributed by atoms with E-state index in [1.807, 2.05) is 11.8 Å². The van der Waals surface area contributed by atoms with E-state index in [1.54, 1.807) is 0 Å². The van der Waals surface area contributed by atoms with Crippen LogP contribution in [0.4, 0.5) is 0 Å². The molecule has 1 aliphatic rings. The van der Waals surface area contributed by atoms with Gasteiger partial charge in [0, 0.05) is 23.0 Å². The largest absolute Gasteiger partial charge is 0.324 e. The SMILES string of the molecule is CC1CC(N)(CCC=O)CS1. The summed E-state index contributed by atoms with van der Waals surface area (Å²) in [6.45, 7) is 2.19. The Labute approximate surface area is 71.9 Å². The van der Waals surface area contributed by atoms with Crippen LogP contribution < -0.4 is 5.73 Å². The standard InChI is InChI=1S/C8H15NOS/c1-7-5-8(9,6-11-7)3-2-4-10/h4,7H,2-3,5-6,9H2,1H3. The van der Waals surface area contributed by atoms with Crippen molar-refractivity contribution in [2.75, 3.05) is 5.75 Å². The number of rotatable bonds is 3.